The van der Waals surface area contributed by atoms with Crippen molar-refractivity contribution in [3.8, 4) is 0 Å². The number of nitrogens with zero attached hydrogens (tertiary/aromatic N) is 1. The SMILES string of the molecule is C=C(C)C(=O)Nc1ccc(NSc2ccccc2)nc1. The Morgan fingerprint density at radius 1 is 1.20 bits per heavy atom. The molecule has 0 saturated carbocycles. The fraction of sp³-hybridized carbons (Fsp3) is 0.0667. The Bertz CT molecular complexity index is 596. The van der Waals surface area contributed by atoms with E-state index >= 15 is 0 Å². The first-order chi connectivity index (χ1) is 9.65. The molecule has 0 atom stereocenters. The summed E-state index contributed by atoms with van der Waals surface area (Å²) in [5, 5.41) is 2.71. The second-order valence-electron chi connectivity index (χ2n) is 4.18. The van der Waals surface area contributed by atoms with E-state index in [9.17, 15) is 4.79 Å². The summed E-state index contributed by atoms with van der Waals surface area (Å²) >= 11 is 1.48. The maximum Gasteiger partial charge on any atom is 0.250 e. The molecule has 0 radical (unpaired) electrons. The van der Waals surface area contributed by atoms with Gasteiger partial charge in [-0.3, -0.25) is 4.79 Å². The second kappa shape index (κ2) is 6.77. The molecule has 102 valence electrons. The van der Waals surface area contributed by atoms with Gasteiger partial charge in [0.15, 0.2) is 0 Å². The molecular weight excluding hydrogens is 270 g/mol. The van der Waals surface area contributed by atoms with Gasteiger partial charge in [0, 0.05) is 10.5 Å². The molecule has 0 aliphatic heterocycles. The maximum absolute atomic E-state index is 11.4. The third-order valence-corrected chi connectivity index (χ3v) is 3.24. The summed E-state index contributed by atoms with van der Waals surface area (Å²) in [5.74, 6) is 0.526. The minimum atomic E-state index is -0.203. The van der Waals surface area contributed by atoms with E-state index < -0.39 is 0 Å². The zero-order valence-corrected chi connectivity index (χ0v) is 11.9. The summed E-state index contributed by atoms with van der Waals surface area (Å²) in [6.07, 6.45) is 1.61. The number of pyridine rings is 1. The van der Waals surface area contributed by atoms with Gasteiger partial charge in [-0.2, -0.15) is 0 Å². The molecule has 0 saturated heterocycles. The van der Waals surface area contributed by atoms with Crippen molar-refractivity contribution in [3.63, 3.8) is 0 Å². The molecular formula is C15H15N3OS. The van der Waals surface area contributed by atoms with Crippen molar-refractivity contribution >= 4 is 29.4 Å². The molecule has 2 aromatic rings. The molecule has 4 nitrogen and oxygen atoms in total. The van der Waals surface area contributed by atoms with Crippen LogP contribution in [0.15, 0.2) is 65.7 Å². The lowest BCUT2D eigenvalue weighted by atomic mass is 10.3. The summed E-state index contributed by atoms with van der Waals surface area (Å²) < 4.78 is 3.14. The number of nitrogens with one attached hydrogen (secondary N) is 2. The zero-order chi connectivity index (χ0) is 14.4. The molecule has 1 heterocycles. The van der Waals surface area contributed by atoms with Gasteiger partial charge in [0.05, 0.1) is 11.9 Å². The molecule has 2 rings (SSSR count). The van der Waals surface area contributed by atoms with Crippen LogP contribution in [0.2, 0.25) is 0 Å². The van der Waals surface area contributed by atoms with Gasteiger partial charge in [-0.15, -0.1) is 0 Å². The van der Waals surface area contributed by atoms with Crippen LogP contribution in [0.1, 0.15) is 6.92 Å². The van der Waals surface area contributed by atoms with Crippen LogP contribution in [-0.2, 0) is 4.79 Å². The van der Waals surface area contributed by atoms with E-state index in [4.69, 9.17) is 0 Å². The molecule has 0 bridgehead atoms. The lowest BCUT2D eigenvalue weighted by Crippen LogP contribution is -2.11. The lowest BCUT2D eigenvalue weighted by Gasteiger charge is -2.07. The van der Waals surface area contributed by atoms with Gasteiger partial charge in [0.2, 0.25) is 0 Å². The van der Waals surface area contributed by atoms with Crippen LogP contribution in [0.3, 0.4) is 0 Å². The molecule has 0 unspecified atom stereocenters. The van der Waals surface area contributed by atoms with Crippen molar-refractivity contribution in [1.82, 2.24) is 4.98 Å². The molecule has 1 amide bonds. The number of benzene rings is 1. The highest BCUT2D eigenvalue weighted by atomic mass is 32.2. The highest BCUT2D eigenvalue weighted by molar-refractivity contribution is 8.00. The van der Waals surface area contributed by atoms with Crippen molar-refractivity contribution in [2.24, 2.45) is 0 Å². The highest BCUT2D eigenvalue weighted by Gasteiger charge is 2.03. The number of anilines is 2. The normalized spacial score (nSPS) is 9.85. The third kappa shape index (κ3) is 4.13. The summed E-state index contributed by atoms with van der Waals surface area (Å²) in [7, 11) is 0. The number of carbonyl (C=O) groups excluding carboxylic acids is 1. The number of amides is 1. The highest BCUT2D eigenvalue weighted by Crippen LogP contribution is 2.20. The third-order valence-electron chi connectivity index (χ3n) is 2.43. The minimum Gasteiger partial charge on any atom is -0.321 e. The van der Waals surface area contributed by atoms with Gasteiger partial charge in [-0.1, -0.05) is 24.8 Å². The van der Waals surface area contributed by atoms with Crippen LogP contribution in [0, 0.1) is 0 Å². The molecule has 1 aromatic carbocycles. The molecule has 0 aliphatic rings. The maximum atomic E-state index is 11.4. The summed E-state index contributed by atoms with van der Waals surface area (Å²) in [5.41, 5.74) is 1.11. The van der Waals surface area contributed by atoms with Gasteiger partial charge in [0.1, 0.15) is 5.82 Å². The molecule has 20 heavy (non-hydrogen) atoms. The Morgan fingerprint density at radius 3 is 2.55 bits per heavy atom. The Morgan fingerprint density at radius 2 is 1.95 bits per heavy atom. The van der Waals surface area contributed by atoms with E-state index in [0.717, 1.165) is 10.7 Å². The van der Waals surface area contributed by atoms with Gasteiger partial charge in [-0.05, 0) is 43.1 Å². The van der Waals surface area contributed by atoms with Gasteiger partial charge in [-0.25, -0.2) is 4.98 Å². The number of rotatable bonds is 5. The van der Waals surface area contributed by atoms with E-state index in [-0.39, 0.29) is 5.91 Å². The first kappa shape index (κ1) is 14.1. The van der Waals surface area contributed by atoms with Crippen molar-refractivity contribution < 1.29 is 4.79 Å². The lowest BCUT2D eigenvalue weighted by molar-refractivity contribution is -0.112. The molecule has 2 N–H and O–H groups in total. The minimum absolute atomic E-state index is 0.203. The second-order valence-corrected chi connectivity index (χ2v) is 5.06. The molecule has 5 heteroatoms. The number of aromatic nitrogens is 1. The largest absolute Gasteiger partial charge is 0.321 e. The number of hydrogen-bond acceptors (Lipinski definition) is 4. The summed E-state index contributed by atoms with van der Waals surface area (Å²) in [4.78, 5) is 16.8. The Labute approximate surface area is 122 Å². The van der Waals surface area contributed by atoms with Crippen LogP contribution in [0.25, 0.3) is 0 Å². The average molecular weight is 285 g/mol. The van der Waals surface area contributed by atoms with Crippen LogP contribution in [0.4, 0.5) is 11.5 Å². The fourth-order valence-electron chi connectivity index (χ4n) is 1.37. The van der Waals surface area contributed by atoms with E-state index in [1.54, 1.807) is 19.2 Å². The summed E-state index contributed by atoms with van der Waals surface area (Å²) in [6, 6.07) is 13.6. The topological polar surface area (TPSA) is 54.0 Å². The average Bonchev–Trinajstić information content (AvgIpc) is 2.47. The smallest absolute Gasteiger partial charge is 0.250 e. The van der Waals surface area contributed by atoms with Crippen LogP contribution < -0.4 is 10.0 Å². The standard InChI is InChI=1S/C15H15N3OS/c1-11(2)15(19)17-12-8-9-14(16-10-12)18-20-13-6-4-3-5-7-13/h3-10H,1H2,2H3,(H,16,18)(H,17,19). The predicted molar refractivity (Wildman–Crippen MR) is 83.6 cm³/mol. The van der Waals surface area contributed by atoms with E-state index in [1.807, 2.05) is 36.4 Å². The molecule has 0 aliphatic carbocycles. The quantitative estimate of drug-likeness (QED) is 0.649. The van der Waals surface area contributed by atoms with E-state index in [2.05, 4.69) is 21.6 Å². The number of hydrogen-bond donors (Lipinski definition) is 2. The van der Waals surface area contributed by atoms with Gasteiger partial charge < -0.3 is 10.0 Å². The van der Waals surface area contributed by atoms with Gasteiger partial charge in [0.25, 0.3) is 5.91 Å². The van der Waals surface area contributed by atoms with E-state index in [0.29, 0.717) is 11.3 Å². The van der Waals surface area contributed by atoms with Crippen molar-refractivity contribution in [3.05, 3.63) is 60.8 Å². The van der Waals surface area contributed by atoms with Gasteiger partial charge >= 0.3 is 0 Å². The van der Waals surface area contributed by atoms with Crippen LogP contribution >= 0.6 is 11.9 Å². The van der Waals surface area contributed by atoms with Crippen LogP contribution in [-0.4, -0.2) is 10.9 Å². The van der Waals surface area contributed by atoms with Crippen molar-refractivity contribution in [2.45, 2.75) is 11.8 Å². The van der Waals surface area contributed by atoms with Crippen LogP contribution in [0.5, 0.6) is 0 Å². The van der Waals surface area contributed by atoms with Crippen molar-refractivity contribution in [2.75, 3.05) is 10.0 Å². The van der Waals surface area contributed by atoms with Crippen molar-refractivity contribution in [1.29, 1.82) is 0 Å². The fourth-order valence-corrected chi connectivity index (χ4v) is 2.00. The zero-order valence-electron chi connectivity index (χ0n) is 11.1. The summed E-state index contributed by atoms with van der Waals surface area (Å²) in [6.45, 7) is 5.25. The van der Waals surface area contributed by atoms with E-state index in [1.165, 1.54) is 11.9 Å². The molecule has 0 fully saturated rings. The Kier molecular flexibility index (Phi) is 4.79. The predicted octanol–water partition coefficient (Wildman–Crippen LogP) is 3.72. The Hall–Kier alpha value is -2.27. The molecule has 0 spiro atoms. The number of carbonyl (C=O) groups is 1. The first-order valence-electron chi connectivity index (χ1n) is 6.06. The monoisotopic (exact) mass is 285 g/mol. The Balaban J connectivity index is 1.91. The first-order valence-corrected chi connectivity index (χ1v) is 6.87. The molecule has 1 aromatic heterocycles.